The van der Waals surface area contributed by atoms with Gasteiger partial charge in [0.1, 0.15) is 0 Å². The van der Waals surface area contributed by atoms with Gasteiger partial charge in [-0.2, -0.15) is 0 Å². The van der Waals surface area contributed by atoms with Gasteiger partial charge in [0.2, 0.25) is 0 Å². The van der Waals surface area contributed by atoms with E-state index in [1.807, 2.05) is 0 Å². The lowest BCUT2D eigenvalue weighted by Gasteiger charge is -2.08. The van der Waals surface area contributed by atoms with Crippen LogP contribution >= 0.6 is 31.9 Å². The fraction of sp³-hybridized carbons (Fsp3) is 0.333. The molecule has 12 nitrogen and oxygen atoms in total. The molecule has 0 amide bonds. The second-order valence-electron chi connectivity index (χ2n) is 6.40. The zero-order chi connectivity index (χ0) is 21.0. The molecule has 0 aliphatic carbocycles. The van der Waals surface area contributed by atoms with E-state index in [9.17, 15) is 19.2 Å². The molecule has 0 aliphatic rings. The largest absolute Gasteiger partial charge is 0.329 e. The van der Waals surface area contributed by atoms with Crippen LogP contribution in [0.5, 0.6) is 0 Å². The van der Waals surface area contributed by atoms with Gasteiger partial charge in [-0.25, -0.2) is 19.6 Å². The van der Waals surface area contributed by atoms with Crippen LogP contribution in [0.25, 0.3) is 22.3 Å². The van der Waals surface area contributed by atoms with Gasteiger partial charge in [-0.05, 0) is 38.3 Å². The molecule has 2 N–H and O–H groups in total. The summed E-state index contributed by atoms with van der Waals surface area (Å²) in [6, 6.07) is 0. The minimum absolute atomic E-state index is 0.270. The van der Waals surface area contributed by atoms with E-state index < -0.39 is 22.5 Å². The maximum Gasteiger partial charge on any atom is 0.329 e. The molecule has 0 radical (unpaired) electrons. The third-order valence-corrected chi connectivity index (χ3v) is 5.90. The molecule has 0 saturated heterocycles. The molecule has 0 aromatic carbocycles. The summed E-state index contributed by atoms with van der Waals surface area (Å²) in [6.07, 6.45) is 0.513. The first kappa shape index (κ1) is 19.6. The van der Waals surface area contributed by atoms with Gasteiger partial charge in [0.25, 0.3) is 11.1 Å². The van der Waals surface area contributed by atoms with Crippen molar-refractivity contribution >= 4 is 54.2 Å². The first-order chi connectivity index (χ1) is 13.7. The van der Waals surface area contributed by atoms with Gasteiger partial charge in [0.05, 0.1) is 0 Å². The summed E-state index contributed by atoms with van der Waals surface area (Å²) >= 11 is 6.65. The standard InChI is InChI=1S/C15H14Br2N8O4/c1-22-8-6(10(26)20-14(22)28)24(12(16)18-8)4-3-5-25-7-9(19-13(25)17)23(2)15(29)21-11(7)27/h3-5H2,1-2H3,(H,20,26,28)(H,21,27,29). The predicted octanol–water partition coefficient (Wildman–Crippen LogP) is -0.225. The topological polar surface area (TPSA) is 145 Å². The molecule has 14 heteroatoms. The van der Waals surface area contributed by atoms with Crippen molar-refractivity contribution in [2.24, 2.45) is 14.1 Å². The number of hydrogen-bond donors (Lipinski definition) is 2. The summed E-state index contributed by atoms with van der Waals surface area (Å²) in [5.74, 6) is 0. The summed E-state index contributed by atoms with van der Waals surface area (Å²) in [5, 5.41) is 0. The molecule has 0 saturated carbocycles. The third kappa shape index (κ3) is 3.02. The summed E-state index contributed by atoms with van der Waals surface area (Å²) in [4.78, 5) is 61.1. The number of aryl methyl sites for hydroxylation is 4. The number of hydrogen-bond acceptors (Lipinski definition) is 6. The number of aromatic nitrogens is 8. The number of nitrogens with zero attached hydrogens (tertiary/aromatic N) is 6. The average Bonchev–Trinajstić information content (AvgIpc) is 3.16. The minimum Gasteiger partial charge on any atom is -0.313 e. The lowest BCUT2D eigenvalue weighted by molar-refractivity contribution is 0.566. The lowest BCUT2D eigenvalue weighted by Crippen LogP contribution is -2.29. The predicted molar refractivity (Wildman–Crippen MR) is 111 cm³/mol. The summed E-state index contributed by atoms with van der Waals surface area (Å²) in [5.41, 5.74) is -1.05. The van der Waals surface area contributed by atoms with Gasteiger partial charge in [0, 0.05) is 27.2 Å². The van der Waals surface area contributed by atoms with Gasteiger partial charge >= 0.3 is 11.4 Å². The second kappa shape index (κ2) is 6.95. The molecule has 4 heterocycles. The minimum atomic E-state index is -0.543. The van der Waals surface area contributed by atoms with Gasteiger partial charge in [-0.1, -0.05) is 0 Å². The van der Waals surface area contributed by atoms with Crippen molar-refractivity contribution in [3.05, 3.63) is 51.1 Å². The highest BCUT2D eigenvalue weighted by molar-refractivity contribution is 9.10. The van der Waals surface area contributed by atoms with Gasteiger partial charge < -0.3 is 9.13 Å². The Labute approximate surface area is 177 Å². The van der Waals surface area contributed by atoms with Crippen LogP contribution in [0.3, 0.4) is 0 Å². The molecule has 152 valence electrons. The van der Waals surface area contributed by atoms with Crippen LogP contribution in [-0.2, 0) is 27.2 Å². The highest BCUT2D eigenvalue weighted by Crippen LogP contribution is 2.19. The molecular weight excluding hydrogens is 516 g/mol. The number of nitrogens with one attached hydrogen (secondary N) is 2. The zero-order valence-corrected chi connectivity index (χ0v) is 18.4. The van der Waals surface area contributed by atoms with E-state index in [1.165, 1.54) is 23.2 Å². The first-order valence-electron chi connectivity index (χ1n) is 8.40. The Morgan fingerprint density at radius 3 is 1.52 bits per heavy atom. The second-order valence-corrected chi connectivity index (χ2v) is 7.82. The molecule has 4 rings (SSSR count). The van der Waals surface area contributed by atoms with E-state index in [-0.39, 0.29) is 22.3 Å². The molecule has 0 aliphatic heterocycles. The number of aromatic amines is 2. The van der Waals surface area contributed by atoms with Gasteiger partial charge in [0.15, 0.2) is 31.8 Å². The zero-order valence-electron chi connectivity index (χ0n) is 15.2. The Morgan fingerprint density at radius 1 is 0.759 bits per heavy atom. The number of halogens is 2. The van der Waals surface area contributed by atoms with Crippen molar-refractivity contribution in [2.75, 3.05) is 0 Å². The van der Waals surface area contributed by atoms with Crippen molar-refractivity contribution in [1.29, 1.82) is 0 Å². The number of H-pyrrole nitrogens is 2. The SMILES string of the molecule is Cn1c(=O)[nH]c(=O)c2c1nc(Br)n2CCCn1c(Br)nc2c1c(=O)[nH]c(=O)n2C. The molecule has 29 heavy (non-hydrogen) atoms. The molecule has 0 fully saturated rings. The Morgan fingerprint density at radius 2 is 1.14 bits per heavy atom. The monoisotopic (exact) mass is 528 g/mol. The van der Waals surface area contributed by atoms with Crippen molar-refractivity contribution < 1.29 is 0 Å². The Kier molecular flexibility index (Phi) is 4.69. The van der Waals surface area contributed by atoms with Crippen molar-refractivity contribution in [3.8, 4) is 0 Å². The van der Waals surface area contributed by atoms with Crippen LogP contribution in [-0.4, -0.2) is 38.2 Å². The van der Waals surface area contributed by atoms with E-state index >= 15 is 0 Å². The molecule has 0 atom stereocenters. The van der Waals surface area contributed by atoms with Crippen LogP contribution in [0.4, 0.5) is 0 Å². The van der Waals surface area contributed by atoms with E-state index in [0.717, 1.165) is 0 Å². The fourth-order valence-electron chi connectivity index (χ4n) is 3.21. The maximum atomic E-state index is 12.3. The lowest BCUT2D eigenvalue weighted by atomic mass is 10.4. The number of fused-ring (bicyclic) bond motifs is 2. The Balaban J connectivity index is 1.71. The van der Waals surface area contributed by atoms with Crippen LogP contribution in [0.2, 0.25) is 0 Å². The van der Waals surface area contributed by atoms with Gasteiger partial charge in [-0.15, -0.1) is 0 Å². The Hall–Kier alpha value is -2.74. The molecular formula is C15H14Br2N8O4. The quantitative estimate of drug-likeness (QED) is 0.349. The van der Waals surface area contributed by atoms with Crippen molar-refractivity contribution in [3.63, 3.8) is 0 Å². The maximum absolute atomic E-state index is 12.3. The van der Waals surface area contributed by atoms with E-state index in [4.69, 9.17) is 0 Å². The normalized spacial score (nSPS) is 11.7. The van der Waals surface area contributed by atoms with Crippen LogP contribution in [0.1, 0.15) is 6.42 Å². The summed E-state index contributed by atoms with van der Waals surface area (Å²) in [7, 11) is 3.05. The highest BCUT2D eigenvalue weighted by Gasteiger charge is 2.18. The number of rotatable bonds is 4. The van der Waals surface area contributed by atoms with E-state index in [0.29, 0.717) is 29.0 Å². The van der Waals surface area contributed by atoms with Crippen molar-refractivity contribution in [1.82, 2.24) is 38.2 Å². The summed E-state index contributed by atoms with van der Waals surface area (Å²) in [6.45, 7) is 0.766. The van der Waals surface area contributed by atoms with Gasteiger partial charge in [-0.3, -0.25) is 28.7 Å². The summed E-state index contributed by atoms with van der Waals surface area (Å²) < 4.78 is 6.65. The van der Waals surface area contributed by atoms with Crippen molar-refractivity contribution in [2.45, 2.75) is 19.5 Å². The van der Waals surface area contributed by atoms with Crippen LogP contribution < -0.4 is 22.5 Å². The third-order valence-electron chi connectivity index (χ3n) is 4.68. The number of imidazole rings is 2. The first-order valence-corrected chi connectivity index (χ1v) is 9.99. The molecule has 0 spiro atoms. The smallest absolute Gasteiger partial charge is 0.313 e. The Bertz CT molecular complexity index is 1400. The van der Waals surface area contributed by atoms with E-state index in [2.05, 4.69) is 51.8 Å². The molecule has 0 bridgehead atoms. The highest BCUT2D eigenvalue weighted by atomic mass is 79.9. The van der Waals surface area contributed by atoms with E-state index in [1.54, 1.807) is 9.13 Å². The molecule has 0 unspecified atom stereocenters. The molecule has 4 aromatic rings. The fourth-order valence-corrected chi connectivity index (χ4v) is 4.26. The van der Waals surface area contributed by atoms with Crippen LogP contribution in [0.15, 0.2) is 28.6 Å². The average molecular weight is 530 g/mol. The van der Waals surface area contributed by atoms with Crippen LogP contribution in [0, 0.1) is 0 Å². The molecule has 4 aromatic heterocycles.